The topological polar surface area (TPSA) is 89.7 Å². The monoisotopic (exact) mass is 462 g/mol. The zero-order valence-electron chi connectivity index (χ0n) is 18.4. The molecule has 7 nitrogen and oxygen atoms in total. The van der Waals surface area contributed by atoms with Gasteiger partial charge in [-0.05, 0) is 41.8 Å². The third kappa shape index (κ3) is 3.54. The number of hydrogen-bond donors (Lipinski definition) is 0. The summed E-state index contributed by atoms with van der Waals surface area (Å²) in [5.41, 5.74) is 2.07. The standard InChI is InChI=1S/C28H18N2O5/c31-26-22-12-11-17(14-23(22)27(32)30(26)15-18-6-5-13-34-18)28(33)35-16-25-21-9-2-1-7-19(21)20-8-3-4-10-24(20)29-25/h1-14H,15-16H2. The Labute approximate surface area is 199 Å². The number of aromatic nitrogens is 1. The summed E-state index contributed by atoms with van der Waals surface area (Å²) in [7, 11) is 0. The Balaban J connectivity index is 1.25. The SMILES string of the molecule is O=C(OCc1nc2ccccc2c2ccccc12)c1ccc2c(c1)C(=O)N(Cc1ccco1)C2=O. The third-order valence-electron chi connectivity index (χ3n) is 6.13. The number of carbonyl (C=O) groups is 3. The van der Waals surface area contributed by atoms with Crippen LogP contribution in [0.3, 0.4) is 0 Å². The van der Waals surface area contributed by atoms with E-state index < -0.39 is 17.8 Å². The zero-order valence-corrected chi connectivity index (χ0v) is 18.4. The molecule has 1 aliphatic rings. The van der Waals surface area contributed by atoms with Crippen molar-refractivity contribution in [3.8, 4) is 0 Å². The minimum Gasteiger partial charge on any atom is -0.467 e. The molecule has 0 bridgehead atoms. The Hall–Kier alpha value is -4.78. The van der Waals surface area contributed by atoms with Gasteiger partial charge in [-0.1, -0.05) is 42.5 Å². The highest BCUT2D eigenvalue weighted by Crippen LogP contribution is 2.28. The molecule has 0 fully saturated rings. The number of furan rings is 1. The summed E-state index contributed by atoms with van der Waals surface area (Å²) in [6.07, 6.45) is 1.48. The number of imide groups is 1. The van der Waals surface area contributed by atoms with Crippen molar-refractivity contribution in [1.29, 1.82) is 0 Å². The first-order valence-electron chi connectivity index (χ1n) is 11.1. The van der Waals surface area contributed by atoms with Crippen LogP contribution >= 0.6 is 0 Å². The molecule has 2 aromatic heterocycles. The van der Waals surface area contributed by atoms with Crippen molar-refractivity contribution in [2.45, 2.75) is 13.2 Å². The highest BCUT2D eigenvalue weighted by Gasteiger charge is 2.36. The van der Waals surface area contributed by atoms with Crippen molar-refractivity contribution in [3.05, 3.63) is 113 Å². The molecule has 0 saturated carbocycles. The molecule has 0 saturated heterocycles. The molecule has 170 valence electrons. The van der Waals surface area contributed by atoms with Crippen molar-refractivity contribution < 1.29 is 23.5 Å². The normalized spacial score (nSPS) is 13.0. The first-order chi connectivity index (χ1) is 17.1. The van der Waals surface area contributed by atoms with E-state index in [1.54, 1.807) is 12.1 Å². The quantitative estimate of drug-likeness (QED) is 0.204. The van der Waals surface area contributed by atoms with Crippen LogP contribution in [0.15, 0.2) is 89.5 Å². The maximum absolute atomic E-state index is 12.9. The maximum atomic E-state index is 12.9. The van der Waals surface area contributed by atoms with Crippen LogP contribution in [0.5, 0.6) is 0 Å². The number of rotatable bonds is 5. The number of amides is 2. The van der Waals surface area contributed by atoms with Gasteiger partial charge in [-0.25, -0.2) is 9.78 Å². The van der Waals surface area contributed by atoms with Gasteiger partial charge >= 0.3 is 5.97 Å². The molecule has 2 amide bonds. The second-order valence-corrected chi connectivity index (χ2v) is 8.23. The molecular formula is C28H18N2O5. The molecule has 1 aliphatic heterocycles. The summed E-state index contributed by atoms with van der Waals surface area (Å²) < 4.78 is 10.8. The predicted octanol–water partition coefficient (Wildman–Crippen LogP) is 5.13. The number of hydrogen-bond acceptors (Lipinski definition) is 6. The molecule has 3 aromatic carbocycles. The zero-order chi connectivity index (χ0) is 23.9. The fourth-order valence-corrected chi connectivity index (χ4v) is 4.42. The summed E-state index contributed by atoms with van der Waals surface area (Å²) in [6, 6.07) is 23.4. The molecular weight excluding hydrogens is 444 g/mol. The molecule has 3 heterocycles. The second-order valence-electron chi connectivity index (χ2n) is 8.23. The second kappa shape index (κ2) is 8.22. The average molecular weight is 462 g/mol. The van der Waals surface area contributed by atoms with E-state index in [0.717, 1.165) is 26.6 Å². The summed E-state index contributed by atoms with van der Waals surface area (Å²) >= 11 is 0. The van der Waals surface area contributed by atoms with Crippen LogP contribution in [0.1, 0.15) is 42.5 Å². The van der Waals surface area contributed by atoms with Gasteiger partial charge in [0.2, 0.25) is 0 Å². The molecule has 35 heavy (non-hydrogen) atoms. The Kier molecular flexibility index (Phi) is 4.88. The van der Waals surface area contributed by atoms with E-state index in [4.69, 9.17) is 14.1 Å². The van der Waals surface area contributed by atoms with Crippen LogP contribution in [0.25, 0.3) is 21.7 Å². The van der Waals surface area contributed by atoms with Crippen molar-refractivity contribution >= 4 is 39.5 Å². The lowest BCUT2D eigenvalue weighted by Gasteiger charge is -2.11. The van der Waals surface area contributed by atoms with Crippen LogP contribution in [0, 0.1) is 0 Å². The molecule has 0 unspecified atom stereocenters. The smallest absolute Gasteiger partial charge is 0.338 e. The van der Waals surface area contributed by atoms with Crippen molar-refractivity contribution in [3.63, 3.8) is 0 Å². The summed E-state index contributed by atoms with van der Waals surface area (Å²) in [6.45, 7) is -0.00139. The van der Waals surface area contributed by atoms with E-state index in [0.29, 0.717) is 11.5 Å². The highest BCUT2D eigenvalue weighted by molar-refractivity contribution is 6.21. The fourth-order valence-electron chi connectivity index (χ4n) is 4.42. The molecule has 6 rings (SSSR count). The largest absolute Gasteiger partial charge is 0.467 e. The minimum absolute atomic E-state index is 0.0276. The summed E-state index contributed by atoms with van der Waals surface area (Å²) in [5.74, 6) is -1.00. The molecule has 0 aliphatic carbocycles. The van der Waals surface area contributed by atoms with Crippen LogP contribution in [-0.2, 0) is 17.9 Å². The number of nitrogens with zero attached hydrogens (tertiary/aromatic N) is 2. The summed E-state index contributed by atoms with van der Waals surface area (Å²) in [5, 5.41) is 2.96. The number of benzene rings is 3. The number of carbonyl (C=O) groups excluding carboxylic acids is 3. The molecule has 0 spiro atoms. The molecule has 7 heteroatoms. The van der Waals surface area contributed by atoms with Crippen LogP contribution < -0.4 is 0 Å². The molecule has 5 aromatic rings. The first kappa shape index (κ1) is 20.8. The first-order valence-corrected chi connectivity index (χ1v) is 11.1. The highest BCUT2D eigenvalue weighted by atomic mass is 16.5. The Morgan fingerprint density at radius 2 is 1.57 bits per heavy atom. The van der Waals surface area contributed by atoms with Gasteiger partial charge in [0.05, 0.1) is 40.7 Å². The third-order valence-corrected chi connectivity index (χ3v) is 6.13. The van der Waals surface area contributed by atoms with E-state index in [-0.39, 0.29) is 29.8 Å². The van der Waals surface area contributed by atoms with E-state index in [2.05, 4.69) is 0 Å². The summed E-state index contributed by atoms with van der Waals surface area (Å²) in [4.78, 5) is 44.2. The average Bonchev–Trinajstić information content (AvgIpc) is 3.50. The lowest BCUT2D eigenvalue weighted by molar-refractivity contribution is 0.0469. The lowest BCUT2D eigenvalue weighted by Crippen LogP contribution is -2.28. The fraction of sp³-hybridized carbons (Fsp3) is 0.0714. The van der Waals surface area contributed by atoms with Crippen LogP contribution in [-0.4, -0.2) is 27.7 Å². The van der Waals surface area contributed by atoms with Gasteiger partial charge in [-0.15, -0.1) is 0 Å². The van der Waals surface area contributed by atoms with E-state index in [1.807, 2.05) is 48.5 Å². The van der Waals surface area contributed by atoms with Crippen molar-refractivity contribution in [1.82, 2.24) is 9.88 Å². The lowest BCUT2D eigenvalue weighted by atomic mass is 10.0. The van der Waals surface area contributed by atoms with Gasteiger partial charge in [-0.2, -0.15) is 0 Å². The molecule has 0 atom stereocenters. The van der Waals surface area contributed by atoms with Crippen molar-refractivity contribution in [2.75, 3.05) is 0 Å². The predicted molar refractivity (Wildman–Crippen MR) is 128 cm³/mol. The minimum atomic E-state index is -0.600. The van der Waals surface area contributed by atoms with E-state index >= 15 is 0 Å². The van der Waals surface area contributed by atoms with Gasteiger partial charge in [0.25, 0.3) is 11.8 Å². The van der Waals surface area contributed by atoms with E-state index in [1.165, 1.54) is 24.5 Å². The van der Waals surface area contributed by atoms with Gasteiger partial charge in [0, 0.05) is 10.8 Å². The van der Waals surface area contributed by atoms with Crippen molar-refractivity contribution in [2.24, 2.45) is 0 Å². The Bertz CT molecular complexity index is 1640. The molecule has 0 N–H and O–H groups in total. The number of esters is 1. The molecule has 0 radical (unpaired) electrons. The number of pyridine rings is 1. The van der Waals surface area contributed by atoms with Gasteiger partial charge in [-0.3, -0.25) is 14.5 Å². The maximum Gasteiger partial charge on any atom is 0.338 e. The van der Waals surface area contributed by atoms with Gasteiger partial charge in [0.15, 0.2) is 0 Å². The van der Waals surface area contributed by atoms with Gasteiger partial charge in [0.1, 0.15) is 12.4 Å². The number of para-hydroxylation sites is 1. The van der Waals surface area contributed by atoms with Crippen LogP contribution in [0.4, 0.5) is 0 Å². The van der Waals surface area contributed by atoms with Crippen LogP contribution in [0.2, 0.25) is 0 Å². The Morgan fingerprint density at radius 1 is 0.829 bits per heavy atom. The number of ether oxygens (including phenoxy) is 1. The van der Waals surface area contributed by atoms with Gasteiger partial charge < -0.3 is 9.15 Å². The number of fused-ring (bicyclic) bond motifs is 4. The Morgan fingerprint density at radius 3 is 2.37 bits per heavy atom. The van der Waals surface area contributed by atoms with E-state index in [9.17, 15) is 14.4 Å².